The first-order valence-electron chi connectivity index (χ1n) is 6.86. The molecule has 1 aliphatic rings. The fraction of sp³-hybridized carbons (Fsp3) is 0.615. The van der Waals surface area contributed by atoms with Crippen molar-refractivity contribution in [2.45, 2.75) is 26.7 Å². The predicted octanol–water partition coefficient (Wildman–Crippen LogP) is 0.797. The highest BCUT2D eigenvalue weighted by molar-refractivity contribution is 5.77. The van der Waals surface area contributed by atoms with E-state index in [4.69, 9.17) is 0 Å². The minimum Gasteiger partial charge on any atom is -0.370 e. The highest BCUT2D eigenvalue weighted by Crippen LogP contribution is 2.17. The van der Waals surface area contributed by atoms with Crippen LogP contribution in [-0.2, 0) is 11.2 Å². The first kappa shape index (κ1) is 13.6. The average Bonchev–Trinajstić information content (AvgIpc) is 2.63. The normalized spacial score (nSPS) is 15.9. The van der Waals surface area contributed by atoms with E-state index >= 15 is 0 Å². The third-order valence-corrected chi connectivity index (χ3v) is 3.07. The average molecular weight is 263 g/mol. The van der Waals surface area contributed by atoms with E-state index in [0.29, 0.717) is 19.5 Å². The van der Waals surface area contributed by atoms with Crippen LogP contribution in [0.4, 0.5) is 11.6 Å². The van der Waals surface area contributed by atoms with Crippen LogP contribution in [-0.4, -0.2) is 42.1 Å². The molecule has 1 aromatic heterocycles. The second-order valence-electron chi connectivity index (χ2n) is 4.50. The smallest absolute Gasteiger partial charge is 0.221 e. The van der Waals surface area contributed by atoms with Crippen molar-refractivity contribution in [3.8, 4) is 0 Å². The van der Waals surface area contributed by atoms with Crippen LogP contribution < -0.4 is 15.5 Å². The lowest BCUT2D eigenvalue weighted by Crippen LogP contribution is -2.29. The minimum atomic E-state index is 0.110. The summed E-state index contributed by atoms with van der Waals surface area (Å²) in [5.41, 5.74) is 0. The molecule has 104 valence electrons. The maximum absolute atomic E-state index is 11.4. The minimum absolute atomic E-state index is 0.110. The summed E-state index contributed by atoms with van der Waals surface area (Å²) < 4.78 is 0. The molecular formula is C13H21N5O. The topological polar surface area (TPSA) is 70.2 Å². The summed E-state index contributed by atoms with van der Waals surface area (Å²) in [6.45, 7) is 7.08. The van der Waals surface area contributed by atoms with Crippen molar-refractivity contribution in [3.63, 3.8) is 0 Å². The van der Waals surface area contributed by atoms with Gasteiger partial charge in [0.25, 0.3) is 0 Å². The standard InChI is InChI=1S/C13H21N5O/c1-3-10-16-11(14-4-2)9-12(17-10)18-7-5-13(19)15-6-8-18/h9H,3-8H2,1-2H3,(H,15,19)(H,14,16,17). The van der Waals surface area contributed by atoms with Gasteiger partial charge in [-0.15, -0.1) is 0 Å². The maximum atomic E-state index is 11.4. The van der Waals surface area contributed by atoms with Crippen LogP contribution in [0.5, 0.6) is 0 Å². The van der Waals surface area contributed by atoms with Gasteiger partial charge >= 0.3 is 0 Å². The molecule has 1 amide bonds. The first-order chi connectivity index (χ1) is 9.22. The lowest BCUT2D eigenvalue weighted by Gasteiger charge is -2.21. The number of nitrogens with zero attached hydrogens (tertiary/aromatic N) is 3. The van der Waals surface area contributed by atoms with E-state index in [9.17, 15) is 4.79 Å². The van der Waals surface area contributed by atoms with E-state index in [2.05, 4.69) is 25.5 Å². The Morgan fingerprint density at radius 3 is 2.95 bits per heavy atom. The van der Waals surface area contributed by atoms with E-state index in [1.165, 1.54) is 0 Å². The van der Waals surface area contributed by atoms with Gasteiger partial charge in [0.15, 0.2) is 0 Å². The Hall–Kier alpha value is -1.85. The van der Waals surface area contributed by atoms with Crippen molar-refractivity contribution in [3.05, 3.63) is 11.9 Å². The van der Waals surface area contributed by atoms with Gasteiger partial charge in [-0.2, -0.15) is 0 Å². The van der Waals surface area contributed by atoms with Gasteiger partial charge in [0, 0.05) is 45.1 Å². The third kappa shape index (κ3) is 3.56. The summed E-state index contributed by atoms with van der Waals surface area (Å²) in [7, 11) is 0. The van der Waals surface area contributed by atoms with Crippen LogP contribution in [0.15, 0.2) is 6.07 Å². The molecule has 1 fully saturated rings. The van der Waals surface area contributed by atoms with E-state index < -0.39 is 0 Å². The lowest BCUT2D eigenvalue weighted by molar-refractivity contribution is -0.120. The predicted molar refractivity (Wildman–Crippen MR) is 75.4 cm³/mol. The Kier molecular flexibility index (Phi) is 4.54. The number of amides is 1. The molecule has 1 aromatic rings. The zero-order chi connectivity index (χ0) is 13.7. The number of hydrogen-bond donors (Lipinski definition) is 2. The number of anilines is 2. The molecule has 0 radical (unpaired) electrons. The van der Waals surface area contributed by atoms with Gasteiger partial charge in [0.2, 0.25) is 5.91 Å². The largest absolute Gasteiger partial charge is 0.370 e. The summed E-state index contributed by atoms with van der Waals surface area (Å²) in [4.78, 5) is 22.5. The van der Waals surface area contributed by atoms with Crippen molar-refractivity contribution in [1.82, 2.24) is 15.3 Å². The van der Waals surface area contributed by atoms with Crippen molar-refractivity contribution < 1.29 is 4.79 Å². The zero-order valence-electron chi connectivity index (χ0n) is 11.6. The summed E-state index contributed by atoms with van der Waals surface area (Å²) in [6, 6.07) is 1.96. The molecular weight excluding hydrogens is 242 g/mol. The SMILES string of the molecule is CCNc1cc(N2CCNC(=O)CC2)nc(CC)n1. The molecule has 1 saturated heterocycles. The number of carbonyl (C=O) groups excluding carboxylic acids is 1. The van der Waals surface area contributed by atoms with Gasteiger partial charge < -0.3 is 15.5 Å². The van der Waals surface area contributed by atoms with E-state index in [-0.39, 0.29) is 5.91 Å². The van der Waals surface area contributed by atoms with Gasteiger partial charge in [-0.25, -0.2) is 9.97 Å². The van der Waals surface area contributed by atoms with Crippen molar-refractivity contribution >= 4 is 17.5 Å². The van der Waals surface area contributed by atoms with Crippen molar-refractivity contribution in [2.24, 2.45) is 0 Å². The molecule has 19 heavy (non-hydrogen) atoms. The molecule has 0 aliphatic carbocycles. The lowest BCUT2D eigenvalue weighted by atomic mass is 10.3. The van der Waals surface area contributed by atoms with Gasteiger partial charge in [-0.05, 0) is 6.92 Å². The third-order valence-electron chi connectivity index (χ3n) is 3.07. The fourth-order valence-electron chi connectivity index (χ4n) is 2.07. The molecule has 2 N–H and O–H groups in total. The quantitative estimate of drug-likeness (QED) is 0.840. The highest BCUT2D eigenvalue weighted by Gasteiger charge is 2.16. The Morgan fingerprint density at radius 2 is 2.21 bits per heavy atom. The summed E-state index contributed by atoms with van der Waals surface area (Å²) in [5.74, 6) is 2.70. The monoisotopic (exact) mass is 263 g/mol. The Morgan fingerprint density at radius 1 is 1.37 bits per heavy atom. The number of nitrogens with one attached hydrogen (secondary N) is 2. The van der Waals surface area contributed by atoms with Crippen LogP contribution >= 0.6 is 0 Å². The second kappa shape index (κ2) is 6.36. The van der Waals surface area contributed by atoms with Gasteiger partial charge in [-0.1, -0.05) is 6.92 Å². The Labute approximate surface area is 113 Å². The Bertz CT molecular complexity index is 449. The summed E-state index contributed by atoms with van der Waals surface area (Å²) in [6.07, 6.45) is 1.32. The van der Waals surface area contributed by atoms with Crippen LogP contribution in [0, 0.1) is 0 Å². The Balaban J connectivity index is 2.21. The van der Waals surface area contributed by atoms with Gasteiger partial charge in [0.1, 0.15) is 17.5 Å². The van der Waals surface area contributed by atoms with Crippen LogP contribution in [0.3, 0.4) is 0 Å². The summed E-state index contributed by atoms with van der Waals surface area (Å²) >= 11 is 0. The molecule has 6 heteroatoms. The van der Waals surface area contributed by atoms with Crippen LogP contribution in [0.25, 0.3) is 0 Å². The number of carbonyl (C=O) groups is 1. The maximum Gasteiger partial charge on any atom is 0.221 e. The van der Waals surface area contributed by atoms with E-state index in [1.807, 2.05) is 19.9 Å². The highest BCUT2D eigenvalue weighted by atomic mass is 16.1. The van der Waals surface area contributed by atoms with Crippen molar-refractivity contribution in [1.29, 1.82) is 0 Å². The van der Waals surface area contributed by atoms with E-state index in [0.717, 1.165) is 37.0 Å². The molecule has 0 atom stereocenters. The molecule has 6 nitrogen and oxygen atoms in total. The molecule has 0 bridgehead atoms. The van der Waals surface area contributed by atoms with E-state index in [1.54, 1.807) is 0 Å². The zero-order valence-corrected chi connectivity index (χ0v) is 11.6. The molecule has 0 unspecified atom stereocenters. The molecule has 2 heterocycles. The second-order valence-corrected chi connectivity index (χ2v) is 4.50. The summed E-state index contributed by atoms with van der Waals surface area (Å²) in [5, 5.41) is 6.10. The van der Waals surface area contributed by atoms with Gasteiger partial charge in [-0.3, -0.25) is 4.79 Å². The fourth-order valence-corrected chi connectivity index (χ4v) is 2.07. The molecule has 0 saturated carbocycles. The number of aromatic nitrogens is 2. The van der Waals surface area contributed by atoms with Crippen LogP contribution in [0.1, 0.15) is 26.1 Å². The van der Waals surface area contributed by atoms with Crippen molar-refractivity contribution in [2.75, 3.05) is 36.4 Å². The molecule has 2 rings (SSSR count). The van der Waals surface area contributed by atoms with Crippen LogP contribution in [0.2, 0.25) is 0 Å². The molecule has 0 spiro atoms. The molecule has 0 aromatic carbocycles. The van der Waals surface area contributed by atoms with Gasteiger partial charge in [0.05, 0.1) is 0 Å². The number of aryl methyl sites for hydroxylation is 1. The molecule has 1 aliphatic heterocycles. The number of rotatable bonds is 4. The number of hydrogen-bond acceptors (Lipinski definition) is 5. The first-order valence-corrected chi connectivity index (χ1v) is 6.86.